The lowest BCUT2D eigenvalue weighted by Gasteiger charge is -2.26. The van der Waals surface area contributed by atoms with Crippen LogP contribution in [0, 0.1) is 0 Å². The van der Waals surface area contributed by atoms with Crippen molar-refractivity contribution in [2.24, 2.45) is 0 Å². The number of ether oxygens (including phenoxy) is 4. The number of carbonyl (C=O) groups is 3. The predicted octanol–water partition coefficient (Wildman–Crippen LogP) is 20.8. The number of esters is 2. The zero-order valence-electron chi connectivity index (χ0n) is 56.6. The lowest BCUT2D eigenvalue weighted by Crippen LogP contribution is -2.44. The van der Waals surface area contributed by atoms with Gasteiger partial charge in [0.2, 0.25) is 0 Å². The molecule has 2 atom stereocenters. The van der Waals surface area contributed by atoms with Crippen LogP contribution >= 0.6 is 0 Å². The van der Waals surface area contributed by atoms with Gasteiger partial charge in [0.1, 0.15) is 13.2 Å². The highest BCUT2D eigenvalue weighted by Gasteiger charge is 2.22. The molecule has 0 amide bonds. The zero-order chi connectivity index (χ0) is 63.3. The first-order chi connectivity index (χ1) is 42.6. The molecule has 0 rings (SSSR count). The first-order valence-electron chi connectivity index (χ1n) is 35.3. The van der Waals surface area contributed by atoms with E-state index in [1.807, 2.05) is 21.1 Å². The normalized spacial score (nSPS) is 13.5. The summed E-state index contributed by atoms with van der Waals surface area (Å²) in [6.07, 6.45) is 93.9. The Hall–Kier alpha value is -4.57. The second-order valence-corrected chi connectivity index (χ2v) is 24.4. The van der Waals surface area contributed by atoms with E-state index in [2.05, 4.69) is 148 Å². The van der Waals surface area contributed by atoms with E-state index in [0.717, 1.165) is 122 Å². The molecular formula is C78H131NO8. The van der Waals surface area contributed by atoms with Gasteiger partial charge >= 0.3 is 11.9 Å². The van der Waals surface area contributed by atoms with Crippen LogP contribution in [0.15, 0.2) is 134 Å². The molecule has 9 heteroatoms. The summed E-state index contributed by atoms with van der Waals surface area (Å²) in [4.78, 5) is 37.5. The Balaban J connectivity index is 4.05. The molecule has 0 aliphatic heterocycles. The van der Waals surface area contributed by atoms with E-state index in [4.69, 9.17) is 18.9 Å². The lowest BCUT2D eigenvalue weighted by molar-refractivity contribution is -0.870. The topological polar surface area (TPSA) is 111 Å². The van der Waals surface area contributed by atoms with Crippen LogP contribution in [0.5, 0.6) is 0 Å². The first-order valence-corrected chi connectivity index (χ1v) is 35.3. The summed E-state index contributed by atoms with van der Waals surface area (Å²) in [5.41, 5.74) is 0. The number of hydrogen-bond acceptors (Lipinski definition) is 8. The fourth-order valence-corrected chi connectivity index (χ4v) is 9.57. The summed E-state index contributed by atoms with van der Waals surface area (Å²) in [6, 6.07) is 0. The van der Waals surface area contributed by atoms with Crippen molar-refractivity contribution in [1.82, 2.24) is 0 Å². The molecule has 0 bridgehead atoms. The predicted molar refractivity (Wildman–Crippen MR) is 370 cm³/mol. The number of allylic oxidation sites excluding steroid dienone is 22. The van der Waals surface area contributed by atoms with Crippen LogP contribution in [-0.4, -0.2) is 82.3 Å². The van der Waals surface area contributed by atoms with Crippen LogP contribution in [0.1, 0.15) is 284 Å². The van der Waals surface area contributed by atoms with Crippen LogP contribution in [0.4, 0.5) is 0 Å². The van der Waals surface area contributed by atoms with Crippen molar-refractivity contribution >= 4 is 17.9 Å². The maximum atomic E-state index is 12.9. The average molecular weight is 1210 g/mol. The Morgan fingerprint density at radius 3 is 0.920 bits per heavy atom. The van der Waals surface area contributed by atoms with Crippen LogP contribution < -0.4 is 5.11 Å². The maximum absolute atomic E-state index is 12.9. The number of unbranched alkanes of at least 4 members (excludes halogenated alkanes) is 27. The molecule has 0 aromatic carbocycles. The van der Waals surface area contributed by atoms with Crippen LogP contribution in [-0.2, 0) is 33.3 Å². The van der Waals surface area contributed by atoms with Gasteiger partial charge in [0.25, 0.3) is 0 Å². The maximum Gasteiger partial charge on any atom is 0.306 e. The largest absolute Gasteiger partial charge is 0.545 e. The molecule has 0 saturated carbocycles. The van der Waals surface area contributed by atoms with Gasteiger partial charge in [-0.1, -0.05) is 295 Å². The summed E-state index contributed by atoms with van der Waals surface area (Å²) in [5, 5.41) is 11.8. The Morgan fingerprint density at radius 2 is 0.621 bits per heavy atom. The Bertz CT molecular complexity index is 1890. The SMILES string of the molecule is CC/C=C\C/C=C\C/C=C\C/C=C\C/C=C\C/C=C\C/C=C\CCCCCCCCCCCCCCCCCCCCCC(=O)OC(COC(=O)CCCCCCCCCC/C=C\C/C=C\C/C=C\C/C=C\CC)COC(OCC[N+](C)(C)C)C(=O)[O-]. The van der Waals surface area contributed by atoms with Crippen molar-refractivity contribution in [3.8, 4) is 0 Å². The molecular weight excluding hydrogens is 1080 g/mol. The van der Waals surface area contributed by atoms with Crippen molar-refractivity contribution in [2.75, 3.05) is 47.5 Å². The summed E-state index contributed by atoms with van der Waals surface area (Å²) in [6.45, 7) is 4.52. The third-order valence-corrected chi connectivity index (χ3v) is 14.9. The number of carboxylic acid groups (broad SMARTS) is 1. The fraction of sp³-hybridized carbons (Fsp3) is 0.679. The minimum absolute atomic E-state index is 0.142. The smallest absolute Gasteiger partial charge is 0.306 e. The molecule has 9 nitrogen and oxygen atoms in total. The van der Waals surface area contributed by atoms with Crippen molar-refractivity contribution in [3.05, 3.63) is 134 Å². The summed E-state index contributed by atoms with van der Waals surface area (Å²) in [7, 11) is 5.92. The van der Waals surface area contributed by atoms with Crippen molar-refractivity contribution in [1.29, 1.82) is 0 Å². The van der Waals surface area contributed by atoms with Gasteiger partial charge in [-0.25, -0.2) is 0 Å². The van der Waals surface area contributed by atoms with E-state index in [0.29, 0.717) is 17.4 Å². The number of carboxylic acids is 1. The quantitative estimate of drug-likeness (QED) is 0.0195. The zero-order valence-corrected chi connectivity index (χ0v) is 56.6. The van der Waals surface area contributed by atoms with E-state index < -0.39 is 24.3 Å². The third kappa shape index (κ3) is 68.8. The van der Waals surface area contributed by atoms with Gasteiger partial charge in [-0.15, -0.1) is 0 Å². The summed E-state index contributed by atoms with van der Waals surface area (Å²) in [5.74, 6) is -2.29. The molecule has 496 valence electrons. The number of quaternary nitrogens is 1. The van der Waals surface area contributed by atoms with Gasteiger partial charge in [0.05, 0.1) is 40.3 Å². The molecule has 0 saturated heterocycles. The highest BCUT2D eigenvalue weighted by Crippen LogP contribution is 2.17. The molecule has 0 aliphatic carbocycles. The van der Waals surface area contributed by atoms with Crippen LogP contribution in [0.2, 0.25) is 0 Å². The Morgan fingerprint density at radius 1 is 0.345 bits per heavy atom. The van der Waals surface area contributed by atoms with E-state index in [1.54, 1.807) is 0 Å². The van der Waals surface area contributed by atoms with Gasteiger partial charge < -0.3 is 33.3 Å². The lowest BCUT2D eigenvalue weighted by atomic mass is 10.0. The minimum atomic E-state index is -1.63. The van der Waals surface area contributed by atoms with Crippen LogP contribution in [0.3, 0.4) is 0 Å². The summed E-state index contributed by atoms with van der Waals surface area (Å²) >= 11 is 0. The van der Waals surface area contributed by atoms with E-state index in [9.17, 15) is 19.5 Å². The monoisotopic (exact) mass is 1210 g/mol. The first kappa shape index (κ1) is 82.4. The standard InChI is InChI=1S/C78H131NO8/c1-6-8-10-12-14-16-18-20-22-24-26-28-29-30-31-32-33-34-35-36-37-38-39-40-41-42-43-44-45-46-47-49-51-53-55-57-59-61-63-65-67-69-76(81)87-74(73-86-78(77(82)83)84-71-70-79(3,4)5)72-85-75(80)68-66-64-62-60-58-56-54-52-50-48-27-25-23-21-19-17-15-13-11-9-7-2/h8-11,14-17,20-23,26-28,30-31,33-34,36-37,48,74,78H,6-7,12-13,18-19,24-25,29,32,35,38-47,49-73H2,1-5H3/b10-8-,11-9-,16-14-,17-15-,22-20-,23-21-,28-26-,31-30-,34-33-,37-36-,48-27-. The van der Waals surface area contributed by atoms with E-state index in [1.165, 1.54) is 128 Å². The van der Waals surface area contributed by atoms with Crippen molar-refractivity contribution in [2.45, 2.75) is 296 Å². The second-order valence-electron chi connectivity index (χ2n) is 24.4. The van der Waals surface area contributed by atoms with Gasteiger partial charge in [0.15, 0.2) is 12.4 Å². The second kappa shape index (κ2) is 67.4. The minimum Gasteiger partial charge on any atom is -0.545 e. The Labute approximate surface area is 535 Å². The molecule has 2 unspecified atom stereocenters. The van der Waals surface area contributed by atoms with Crippen LogP contribution in [0.25, 0.3) is 0 Å². The molecule has 0 heterocycles. The van der Waals surface area contributed by atoms with Crippen molar-refractivity contribution in [3.63, 3.8) is 0 Å². The average Bonchev–Trinajstić information content (AvgIpc) is 3.59. The Kier molecular flexibility index (Phi) is 63.8. The van der Waals surface area contributed by atoms with E-state index in [-0.39, 0.29) is 38.6 Å². The number of likely N-dealkylation sites (N-methyl/N-ethyl adjacent to an activating group) is 1. The van der Waals surface area contributed by atoms with Gasteiger partial charge in [-0.2, -0.15) is 0 Å². The van der Waals surface area contributed by atoms with Crippen molar-refractivity contribution < 1.29 is 42.9 Å². The molecule has 0 radical (unpaired) electrons. The summed E-state index contributed by atoms with van der Waals surface area (Å²) < 4.78 is 22.8. The number of carbonyl (C=O) groups excluding carboxylic acids is 3. The molecule has 0 aromatic rings. The molecule has 0 aliphatic rings. The van der Waals surface area contributed by atoms with Gasteiger partial charge in [0, 0.05) is 12.8 Å². The molecule has 87 heavy (non-hydrogen) atoms. The van der Waals surface area contributed by atoms with Gasteiger partial charge in [-0.3, -0.25) is 9.59 Å². The molecule has 0 spiro atoms. The molecule has 0 N–H and O–H groups in total. The number of aliphatic carboxylic acids is 1. The molecule has 0 fully saturated rings. The van der Waals surface area contributed by atoms with E-state index >= 15 is 0 Å². The highest BCUT2D eigenvalue weighted by molar-refractivity contribution is 5.70. The van der Waals surface area contributed by atoms with Gasteiger partial charge in [-0.05, 0) is 109 Å². The molecule has 0 aromatic heterocycles. The third-order valence-electron chi connectivity index (χ3n) is 14.9. The number of hydrogen-bond donors (Lipinski definition) is 0. The number of rotatable bonds is 64. The highest BCUT2D eigenvalue weighted by atomic mass is 16.7. The number of nitrogens with zero attached hydrogens (tertiary/aromatic N) is 1. The fourth-order valence-electron chi connectivity index (χ4n) is 9.57.